The zero-order valence-corrected chi connectivity index (χ0v) is 13.7. The fourth-order valence-corrected chi connectivity index (χ4v) is 2.60. The van der Waals surface area contributed by atoms with E-state index < -0.39 is 0 Å². The summed E-state index contributed by atoms with van der Waals surface area (Å²) >= 11 is 0. The highest BCUT2D eigenvalue weighted by Crippen LogP contribution is 2.23. The Morgan fingerprint density at radius 2 is 2.18 bits per heavy atom. The van der Waals surface area contributed by atoms with Crippen molar-refractivity contribution in [3.8, 4) is 11.3 Å². The molecule has 0 aliphatic heterocycles. The quantitative estimate of drug-likeness (QED) is 0.812. The van der Waals surface area contributed by atoms with Gasteiger partial charge in [0.2, 0.25) is 0 Å². The molecular formula is C18H25N3O. The van der Waals surface area contributed by atoms with Crippen molar-refractivity contribution in [1.82, 2.24) is 15.1 Å². The predicted octanol–water partition coefficient (Wildman–Crippen LogP) is 3.44. The third-order valence-corrected chi connectivity index (χ3v) is 3.72. The zero-order valence-electron chi connectivity index (χ0n) is 13.7. The lowest BCUT2D eigenvalue weighted by Gasteiger charge is -2.16. The molecule has 0 bridgehead atoms. The third kappa shape index (κ3) is 4.53. The lowest BCUT2D eigenvalue weighted by molar-refractivity contribution is -0.116. The summed E-state index contributed by atoms with van der Waals surface area (Å²) in [4.78, 5) is 13.6. The van der Waals surface area contributed by atoms with Crippen molar-refractivity contribution in [2.75, 3.05) is 13.6 Å². The first-order valence-electron chi connectivity index (χ1n) is 7.89. The van der Waals surface area contributed by atoms with Crippen molar-refractivity contribution < 1.29 is 4.79 Å². The summed E-state index contributed by atoms with van der Waals surface area (Å²) in [7, 11) is 2.14. The molecule has 0 aliphatic rings. The monoisotopic (exact) mass is 299 g/mol. The van der Waals surface area contributed by atoms with Crippen LogP contribution < -0.4 is 0 Å². The Morgan fingerprint density at radius 3 is 2.91 bits per heavy atom. The van der Waals surface area contributed by atoms with Gasteiger partial charge in [0.15, 0.2) is 0 Å². The molecule has 4 nitrogen and oxygen atoms in total. The molecular weight excluding hydrogens is 274 g/mol. The number of hydrogen-bond donors (Lipinski definition) is 1. The number of rotatable bonds is 8. The Morgan fingerprint density at radius 1 is 1.36 bits per heavy atom. The van der Waals surface area contributed by atoms with Gasteiger partial charge in [-0.2, -0.15) is 5.10 Å². The summed E-state index contributed by atoms with van der Waals surface area (Å²) in [6.07, 6.45) is 4.79. The van der Waals surface area contributed by atoms with Crippen molar-refractivity contribution in [2.24, 2.45) is 0 Å². The Balaban J connectivity index is 2.16. The van der Waals surface area contributed by atoms with Crippen LogP contribution in [0.15, 0.2) is 30.5 Å². The average molecular weight is 299 g/mol. The lowest BCUT2D eigenvalue weighted by atomic mass is 10.0. The maximum atomic E-state index is 11.3. The Bertz CT molecular complexity index is 618. The molecule has 0 fully saturated rings. The average Bonchev–Trinajstić information content (AvgIpc) is 2.92. The van der Waals surface area contributed by atoms with Gasteiger partial charge in [0.25, 0.3) is 0 Å². The maximum absolute atomic E-state index is 11.3. The van der Waals surface area contributed by atoms with Gasteiger partial charge in [-0.3, -0.25) is 9.89 Å². The minimum Gasteiger partial charge on any atom is -0.302 e. The van der Waals surface area contributed by atoms with Gasteiger partial charge in [-0.1, -0.05) is 31.5 Å². The van der Waals surface area contributed by atoms with Crippen molar-refractivity contribution in [1.29, 1.82) is 0 Å². The van der Waals surface area contributed by atoms with Crippen LogP contribution in [0.2, 0.25) is 0 Å². The van der Waals surface area contributed by atoms with E-state index in [0.717, 1.165) is 29.9 Å². The van der Waals surface area contributed by atoms with Crippen molar-refractivity contribution in [2.45, 2.75) is 39.7 Å². The first-order valence-corrected chi connectivity index (χ1v) is 7.89. The van der Waals surface area contributed by atoms with Crippen LogP contribution in [-0.4, -0.2) is 34.5 Å². The first kappa shape index (κ1) is 16.4. The SMILES string of the molecule is CCCCN(C)Cc1cn[nH]c1-c1cccc(CC(C)=O)c1. The molecule has 2 aromatic rings. The molecule has 1 aromatic carbocycles. The molecule has 4 heteroatoms. The Kier molecular flexibility index (Phi) is 5.90. The molecule has 0 radical (unpaired) electrons. The van der Waals surface area contributed by atoms with E-state index in [2.05, 4.69) is 41.2 Å². The number of benzene rings is 1. The van der Waals surface area contributed by atoms with Gasteiger partial charge in [0, 0.05) is 24.1 Å². The molecule has 22 heavy (non-hydrogen) atoms. The van der Waals surface area contributed by atoms with Crippen molar-refractivity contribution >= 4 is 5.78 Å². The van der Waals surface area contributed by atoms with Crippen LogP contribution in [0.3, 0.4) is 0 Å². The summed E-state index contributed by atoms with van der Waals surface area (Å²) in [5.41, 5.74) is 4.38. The van der Waals surface area contributed by atoms with Crippen LogP contribution in [0.25, 0.3) is 11.3 Å². The highest BCUT2D eigenvalue weighted by molar-refractivity contribution is 5.78. The summed E-state index contributed by atoms with van der Waals surface area (Å²) < 4.78 is 0. The van der Waals surface area contributed by atoms with E-state index in [4.69, 9.17) is 0 Å². The van der Waals surface area contributed by atoms with Gasteiger partial charge in [-0.25, -0.2) is 0 Å². The summed E-state index contributed by atoms with van der Waals surface area (Å²) in [5.74, 6) is 0.182. The molecule has 118 valence electrons. The van der Waals surface area contributed by atoms with Crippen LogP contribution >= 0.6 is 0 Å². The number of aromatic amines is 1. The predicted molar refractivity (Wildman–Crippen MR) is 89.7 cm³/mol. The topological polar surface area (TPSA) is 49.0 Å². The lowest BCUT2D eigenvalue weighted by Crippen LogP contribution is -2.19. The smallest absolute Gasteiger partial charge is 0.134 e. The zero-order chi connectivity index (χ0) is 15.9. The van der Waals surface area contributed by atoms with Gasteiger partial charge < -0.3 is 4.90 Å². The maximum Gasteiger partial charge on any atom is 0.134 e. The second kappa shape index (κ2) is 7.90. The highest BCUT2D eigenvalue weighted by atomic mass is 16.1. The number of hydrogen-bond acceptors (Lipinski definition) is 3. The van der Waals surface area contributed by atoms with E-state index in [1.54, 1.807) is 6.92 Å². The number of nitrogens with zero attached hydrogens (tertiary/aromatic N) is 2. The summed E-state index contributed by atoms with van der Waals surface area (Å²) in [5, 5.41) is 7.31. The molecule has 0 spiro atoms. The van der Waals surface area contributed by atoms with Gasteiger partial charge in [0.1, 0.15) is 5.78 Å². The van der Waals surface area contributed by atoms with Crippen LogP contribution in [0.5, 0.6) is 0 Å². The van der Waals surface area contributed by atoms with Crippen LogP contribution in [0.1, 0.15) is 37.8 Å². The number of H-pyrrole nitrogens is 1. The molecule has 0 unspecified atom stereocenters. The van der Waals surface area contributed by atoms with E-state index in [0.29, 0.717) is 6.42 Å². The number of carbonyl (C=O) groups is 1. The fraction of sp³-hybridized carbons (Fsp3) is 0.444. The number of Topliss-reactive ketones (excluding diaryl/α,β-unsaturated/α-hetero) is 1. The fourth-order valence-electron chi connectivity index (χ4n) is 2.60. The van der Waals surface area contributed by atoms with Crippen molar-refractivity contribution in [3.05, 3.63) is 41.6 Å². The van der Waals surface area contributed by atoms with Crippen LogP contribution in [0.4, 0.5) is 0 Å². The van der Waals surface area contributed by atoms with Gasteiger partial charge in [-0.15, -0.1) is 0 Å². The number of aromatic nitrogens is 2. The second-order valence-electron chi connectivity index (χ2n) is 5.94. The minimum atomic E-state index is 0.182. The van der Waals surface area contributed by atoms with Gasteiger partial charge >= 0.3 is 0 Å². The van der Waals surface area contributed by atoms with E-state index in [-0.39, 0.29) is 5.78 Å². The summed E-state index contributed by atoms with van der Waals surface area (Å²) in [6.45, 7) is 5.79. The standard InChI is InChI=1S/C18H25N3O/c1-4-5-9-21(3)13-17-12-19-20-18(17)16-8-6-7-15(11-16)10-14(2)22/h6-8,11-12H,4-5,9-10,13H2,1-3H3,(H,19,20). The Hall–Kier alpha value is -1.94. The van der Waals surface area contributed by atoms with E-state index >= 15 is 0 Å². The number of nitrogens with one attached hydrogen (secondary N) is 1. The van der Waals surface area contributed by atoms with Crippen LogP contribution in [-0.2, 0) is 17.8 Å². The van der Waals surface area contributed by atoms with Gasteiger partial charge in [0.05, 0.1) is 11.9 Å². The first-order chi connectivity index (χ1) is 10.6. The molecule has 0 aliphatic carbocycles. The number of unbranched alkanes of at least 4 members (excludes halogenated alkanes) is 1. The third-order valence-electron chi connectivity index (χ3n) is 3.72. The molecule has 0 atom stereocenters. The van der Waals surface area contributed by atoms with Gasteiger partial charge in [-0.05, 0) is 38.6 Å². The molecule has 0 amide bonds. The summed E-state index contributed by atoms with van der Waals surface area (Å²) in [6, 6.07) is 8.13. The Labute approximate surface area is 132 Å². The molecule has 0 saturated carbocycles. The highest BCUT2D eigenvalue weighted by Gasteiger charge is 2.10. The second-order valence-corrected chi connectivity index (χ2v) is 5.94. The minimum absolute atomic E-state index is 0.182. The van der Waals surface area contributed by atoms with E-state index in [1.807, 2.05) is 18.3 Å². The largest absolute Gasteiger partial charge is 0.302 e. The number of ketones is 1. The normalized spacial score (nSPS) is 11.1. The van der Waals surface area contributed by atoms with E-state index in [1.165, 1.54) is 18.4 Å². The molecule has 1 aromatic heterocycles. The van der Waals surface area contributed by atoms with Crippen LogP contribution in [0, 0.1) is 0 Å². The molecule has 0 saturated heterocycles. The molecule has 2 rings (SSSR count). The molecule has 1 heterocycles. The molecule has 1 N–H and O–H groups in total. The van der Waals surface area contributed by atoms with E-state index in [9.17, 15) is 4.79 Å². The number of carbonyl (C=O) groups excluding carboxylic acids is 1. The van der Waals surface area contributed by atoms with Crippen molar-refractivity contribution in [3.63, 3.8) is 0 Å².